The molecule has 22 heavy (non-hydrogen) atoms. The number of thioether (sulfide) groups is 1. The quantitative estimate of drug-likeness (QED) is 0.662. The first-order valence-electron chi connectivity index (χ1n) is 6.74. The Labute approximate surface area is 138 Å². The molecule has 1 amide bonds. The summed E-state index contributed by atoms with van der Waals surface area (Å²) in [5.41, 5.74) is 2.04. The second-order valence-corrected chi connectivity index (χ2v) is 6.32. The summed E-state index contributed by atoms with van der Waals surface area (Å²) in [5, 5.41) is 8.82. The zero-order chi connectivity index (χ0) is 16.1. The van der Waals surface area contributed by atoms with Crippen LogP contribution in [-0.2, 0) is 9.59 Å². The number of nitrogens with zero attached hydrogens (tertiary/aromatic N) is 1. The lowest BCUT2D eigenvalue weighted by molar-refractivity contribution is -0.140. The molecule has 1 heterocycles. The molecule has 0 atom stereocenters. The number of thiocarbonyl (C=S) groups is 1. The maximum atomic E-state index is 12.2. The molecule has 0 saturated carbocycles. The van der Waals surface area contributed by atoms with Crippen molar-refractivity contribution < 1.29 is 14.7 Å². The molecule has 6 heteroatoms. The van der Waals surface area contributed by atoms with Gasteiger partial charge in [-0.15, -0.1) is 0 Å². The first kappa shape index (κ1) is 16.5. The molecule has 0 unspecified atom stereocenters. The van der Waals surface area contributed by atoms with Gasteiger partial charge < -0.3 is 5.11 Å². The molecule has 1 aliphatic rings. The third kappa shape index (κ3) is 4.05. The van der Waals surface area contributed by atoms with Crippen LogP contribution in [0.1, 0.15) is 18.9 Å². The van der Waals surface area contributed by atoms with Crippen molar-refractivity contribution in [2.24, 2.45) is 0 Å². The third-order valence-corrected chi connectivity index (χ3v) is 4.42. The average Bonchev–Trinajstić information content (AvgIpc) is 2.75. The van der Waals surface area contributed by atoms with E-state index in [9.17, 15) is 9.59 Å². The highest BCUT2D eigenvalue weighted by molar-refractivity contribution is 8.26. The standard InChI is InChI=1S/C16H15NO3S2/c1-2-11(8-12-6-4-3-5-7-12)9-13-15(20)17(10-14(18)19)16(21)22-13/h3-9H,2,10H2,1H3,(H,18,19)/b11-8+,13-9+. The summed E-state index contributed by atoms with van der Waals surface area (Å²) in [6.07, 6.45) is 4.55. The van der Waals surface area contributed by atoms with Crippen LogP contribution < -0.4 is 0 Å². The Balaban J connectivity index is 2.24. The average molecular weight is 333 g/mol. The number of carboxylic acids is 1. The lowest BCUT2D eigenvalue weighted by Gasteiger charge is -2.10. The van der Waals surface area contributed by atoms with Crippen molar-refractivity contribution in [2.75, 3.05) is 6.54 Å². The minimum absolute atomic E-state index is 0.286. The summed E-state index contributed by atoms with van der Waals surface area (Å²) in [4.78, 5) is 24.6. The van der Waals surface area contributed by atoms with Crippen LogP contribution in [0.3, 0.4) is 0 Å². The molecule has 1 saturated heterocycles. The van der Waals surface area contributed by atoms with Crippen LogP contribution in [0.5, 0.6) is 0 Å². The van der Waals surface area contributed by atoms with Gasteiger partial charge in [-0.2, -0.15) is 0 Å². The molecule has 0 bridgehead atoms. The van der Waals surface area contributed by atoms with Gasteiger partial charge in [0.1, 0.15) is 10.9 Å². The van der Waals surface area contributed by atoms with Crippen molar-refractivity contribution in [2.45, 2.75) is 13.3 Å². The molecule has 2 rings (SSSR count). The monoisotopic (exact) mass is 333 g/mol. The van der Waals surface area contributed by atoms with E-state index in [1.807, 2.05) is 43.3 Å². The highest BCUT2D eigenvalue weighted by atomic mass is 32.2. The fourth-order valence-corrected chi connectivity index (χ4v) is 3.22. The maximum Gasteiger partial charge on any atom is 0.323 e. The van der Waals surface area contributed by atoms with Crippen LogP contribution in [0.15, 0.2) is 46.9 Å². The summed E-state index contributed by atoms with van der Waals surface area (Å²) in [6.45, 7) is 1.61. The van der Waals surface area contributed by atoms with Crippen molar-refractivity contribution >= 4 is 46.3 Å². The third-order valence-electron chi connectivity index (χ3n) is 3.04. The van der Waals surface area contributed by atoms with E-state index >= 15 is 0 Å². The van der Waals surface area contributed by atoms with E-state index in [2.05, 4.69) is 0 Å². The van der Waals surface area contributed by atoms with E-state index < -0.39 is 12.5 Å². The Morgan fingerprint density at radius 1 is 1.36 bits per heavy atom. The zero-order valence-electron chi connectivity index (χ0n) is 12.0. The van der Waals surface area contributed by atoms with Crippen molar-refractivity contribution in [3.05, 3.63) is 52.4 Å². The first-order valence-corrected chi connectivity index (χ1v) is 7.96. The SMILES string of the molecule is CCC(=C\c1ccccc1)/C=C1/SC(=S)N(CC(=O)O)C1=O. The Bertz CT molecular complexity index is 665. The highest BCUT2D eigenvalue weighted by Gasteiger charge is 2.33. The van der Waals surface area contributed by atoms with Gasteiger partial charge in [-0.05, 0) is 23.6 Å². The van der Waals surface area contributed by atoms with E-state index in [0.717, 1.165) is 34.2 Å². The number of hydrogen-bond acceptors (Lipinski definition) is 4. The second kappa shape index (κ2) is 7.38. The number of rotatable bonds is 5. The fraction of sp³-hybridized carbons (Fsp3) is 0.188. The van der Waals surface area contributed by atoms with E-state index in [0.29, 0.717) is 4.91 Å². The Hall–Kier alpha value is -1.92. The number of allylic oxidation sites excluding steroid dienone is 2. The van der Waals surface area contributed by atoms with Crippen LogP contribution in [-0.4, -0.2) is 32.7 Å². The molecular formula is C16H15NO3S2. The number of carbonyl (C=O) groups is 2. The van der Waals surface area contributed by atoms with E-state index in [4.69, 9.17) is 17.3 Å². The number of benzene rings is 1. The largest absolute Gasteiger partial charge is 0.480 e. The van der Waals surface area contributed by atoms with Crippen LogP contribution in [0.4, 0.5) is 0 Å². The Morgan fingerprint density at radius 3 is 2.64 bits per heavy atom. The van der Waals surface area contributed by atoms with E-state index in [-0.39, 0.29) is 10.2 Å². The van der Waals surface area contributed by atoms with Crippen molar-refractivity contribution in [3.63, 3.8) is 0 Å². The summed E-state index contributed by atoms with van der Waals surface area (Å²) >= 11 is 6.22. The van der Waals surface area contributed by atoms with Gasteiger partial charge in [0.25, 0.3) is 5.91 Å². The van der Waals surface area contributed by atoms with Crippen LogP contribution in [0.25, 0.3) is 6.08 Å². The molecule has 0 aliphatic carbocycles. The molecule has 1 fully saturated rings. The molecule has 0 radical (unpaired) electrons. The number of aliphatic carboxylic acids is 1. The zero-order valence-corrected chi connectivity index (χ0v) is 13.6. The number of carbonyl (C=O) groups excluding carboxylic acids is 1. The van der Waals surface area contributed by atoms with Crippen molar-refractivity contribution in [1.82, 2.24) is 4.90 Å². The fourth-order valence-electron chi connectivity index (χ4n) is 1.95. The van der Waals surface area contributed by atoms with Crippen LogP contribution in [0, 0.1) is 0 Å². The van der Waals surface area contributed by atoms with Gasteiger partial charge >= 0.3 is 5.97 Å². The van der Waals surface area contributed by atoms with E-state index in [1.165, 1.54) is 0 Å². The molecular weight excluding hydrogens is 318 g/mol. The molecule has 1 aliphatic heterocycles. The minimum atomic E-state index is -1.08. The van der Waals surface area contributed by atoms with E-state index in [1.54, 1.807) is 6.08 Å². The molecule has 0 aromatic heterocycles. The summed E-state index contributed by atoms with van der Waals surface area (Å²) in [5.74, 6) is -1.42. The van der Waals surface area contributed by atoms with Gasteiger partial charge in [0, 0.05) is 0 Å². The maximum absolute atomic E-state index is 12.2. The summed E-state index contributed by atoms with van der Waals surface area (Å²) in [7, 11) is 0. The molecule has 1 aromatic rings. The highest BCUT2D eigenvalue weighted by Crippen LogP contribution is 2.32. The Kier molecular flexibility index (Phi) is 5.51. The van der Waals surface area contributed by atoms with Gasteiger partial charge in [-0.1, -0.05) is 67.3 Å². The molecule has 4 nitrogen and oxygen atoms in total. The number of carboxylic acid groups (broad SMARTS) is 1. The van der Waals surface area contributed by atoms with Crippen molar-refractivity contribution in [1.29, 1.82) is 0 Å². The van der Waals surface area contributed by atoms with Gasteiger partial charge in [0.15, 0.2) is 0 Å². The van der Waals surface area contributed by atoms with Crippen molar-refractivity contribution in [3.8, 4) is 0 Å². The lowest BCUT2D eigenvalue weighted by Crippen LogP contribution is -2.33. The number of amides is 1. The molecule has 1 N–H and O–H groups in total. The minimum Gasteiger partial charge on any atom is -0.480 e. The molecule has 114 valence electrons. The smallest absolute Gasteiger partial charge is 0.323 e. The molecule has 0 spiro atoms. The second-order valence-electron chi connectivity index (χ2n) is 4.65. The van der Waals surface area contributed by atoms with Gasteiger partial charge in [0.05, 0.1) is 4.91 Å². The predicted octanol–water partition coefficient (Wildman–Crippen LogP) is 3.31. The molecule has 1 aromatic carbocycles. The summed E-state index contributed by atoms with van der Waals surface area (Å²) < 4.78 is 0.286. The first-order chi connectivity index (χ1) is 10.5. The Morgan fingerprint density at radius 2 is 2.05 bits per heavy atom. The lowest BCUT2D eigenvalue weighted by atomic mass is 10.1. The van der Waals surface area contributed by atoms with Gasteiger partial charge in [-0.3, -0.25) is 14.5 Å². The number of hydrogen-bond donors (Lipinski definition) is 1. The van der Waals surface area contributed by atoms with Crippen LogP contribution >= 0.6 is 24.0 Å². The van der Waals surface area contributed by atoms with Gasteiger partial charge in [0.2, 0.25) is 0 Å². The predicted molar refractivity (Wildman–Crippen MR) is 92.3 cm³/mol. The topological polar surface area (TPSA) is 57.6 Å². The normalized spacial score (nSPS) is 17.4. The van der Waals surface area contributed by atoms with Gasteiger partial charge in [-0.25, -0.2) is 0 Å². The summed E-state index contributed by atoms with van der Waals surface area (Å²) in [6, 6.07) is 9.81. The van der Waals surface area contributed by atoms with Crippen LogP contribution in [0.2, 0.25) is 0 Å².